The quantitative estimate of drug-likeness (QED) is 0.895. The van der Waals surface area contributed by atoms with Gasteiger partial charge in [-0.3, -0.25) is 0 Å². The molecule has 5 heteroatoms. The van der Waals surface area contributed by atoms with E-state index in [4.69, 9.17) is 4.74 Å². The van der Waals surface area contributed by atoms with E-state index in [0.29, 0.717) is 13.2 Å². The maximum Gasteiger partial charge on any atom is 0.318 e. The Hall–Kier alpha value is -1.59. The molecule has 0 radical (unpaired) electrons. The largest absolute Gasteiger partial charge is 0.395 e. The topological polar surface area (TPSA) is 61.8 Å². The van der Waals surface area contributed by atoms with E-state index in [-0.39, 0.29) is 30.8 Å². The molecule has 0 spiro atoms. The number of aliphatic hydroxyl groups is 1. The van der Waals surface area contributed by atoms with Gasteiger partial charge in [0.1, 0.15) is 0 Å². The van der Waals surface area contributed by atoms with Crippen LogP contribution in [0, 0.1) is 0 Å². The van der Waals surface area contributed by atoms with Gasteiger partial charge in [0.25, 0.3) is 0 Å². The first-order valence-electron chi connectivity index (χ1n) is 8.58. The molecule has 1 heterocycles. The van der Waals surface area contributed by atoms with Gasteiger partial charge in [0, 0.05) is 13.2 Å². The van der Waals surface area contributed by atoms with Crippen molar-refractivity contribution in [1.29, 1.82) is 0 Å². The van der Waals surface area contributed by atoms with Crippen molar-refractivity contribution >= 4 is 6.03 Å². The number of nitrogens with zero attached hydrogens (tertiary/aromatic N) is 1. The average molecular weight is 318 g/mol. The monoisotopic (exact) mass is 318 g/mol. The summed E-state index contributed by atoms with van der Waals surface area (Å²) in [6.45, 7) is 3.01. The van der Waals surface area contributed by atoms with Crippen LogP contribution in [0.2, 0.25) is 0 Å². The van der Waals surface area contributed by atoms with Gasteiger partial charge in [-0.2, -0.15) is 0 Å². The van der Waals surface area contributed by atoms with Crippen LogP contribution < -0.4 is 5.32 Å². The summed E-state index contributed by atoms with van der Waals surface area (Å²) in [6, 6.07) is 8.34. The third-order valence-corrected chi connectivity index (χ3v) is 5.00. The van der Waals surface area contributed by atoms with Gasteiger partial charge >= 0.3 is 6.03 Å². The fraction of sp³-hybridized carbons (Fsp3) is 0.611. The number of urea groups is 1. The van der Waals surface area contributed by atoms with Crippen LogP contribution >= 0.6 is 0 Å². The standard InChI is InChI=1S/C18H26N2O3/c1-13-16(9-12-23-13)19-18(22)20(10-11-21)17-8-4-6-14-5-2-3-7-15(14)17/h2-3,5,7,13,16-17,21H,4,6,8-12H2,1H3,(H,19,22). The fourth-order valence-corrected chi connectivity index (χ4v) is 3.72. The van der Waals surface area contributed by atoms with E-state index in [9.17, 15) is 9.90 Å². The second-order valence-electron chi connectivity index (χ2n) is 6.44. The molecule has 1 aromatic rings. The Labute approximate surface area is 137 Å². The van der Waals surface area contributed by atoms with Crippen molar-refractivity contribution in [3.05, 3.63) is 35.4 Å². The predicted molar refractivity (Wildman–Crippen MR) is 88.3 cm³/mol. The third kappa shape index (κ3) is 3.51. The lowest BCUT2D eigenvalue weighted by Crippen LogP contribution is -2.49. The smallest absolute Gasteiger partial charge is 0.318 e. The first kappa shape index (κ1) is 16.3. The number of rotatable bonds is 4. The molecule has 1 aromatic carbocycles. The van der Waals surface area contributed by atoms with Gasteiger partial charge in [0.2, 0.25) is 0 Å². The molecule has 2 N–H and O–H groups in total. The number of fused-ring (bicyclic) bond motifs is 1. The lowest BCUT2D eigenvalue weighted by Gasteiger charge is -2.36. The van der Waals surface area contributed by atoms with E-state index in [1.165, 1.54) is 11.1 Å². The fourth-order valence-electron chi connectivity index (χ4n) is 3.72. The summed E-state index contributed by atoms with van der Waals surface area (Å²) in [5.74, 6) is 0. The summed E-state index contributed by atoms with van der Waals surface area (Å²) in [4.78, 5) is 14.6. The van der Waals surface area contributed by atoms with Crippen LogP contribution in [0.1, 0.15) is 43.4 Å². The molecular weight excluding hydrogens is 292 g/mol. The number of aliphatic hydroxyl groups excluding tert-OH is 1. The van der Waals surface area contributed by atoms with Crippen molar-refractivity contribution in [3.63, 3.8) is 0 Å². The van der Waals surface area contributed by atoms with E-state index in [1.807, 2.05) is 13.0 Å². The number of hydrogen-bond acceptors (Lipinski definition) is 3. The van der Waals surface area contributed by atoms with Crippen LogP contribution in [0.15, 0.2) is 24.3 Å². The average Bonchev–Trinajstić information content (AvgIpc) is 2.97. The van der Waals surface area contributed by atoms with Gasteiger partial charge in [-0.05, 0) is 43.7 Å². The Kier molecular flexibility index (Phi) is 5.18. The molecule has 2 aliphatic rings. The Morgan fingerprint density at radius 1 is 1.39 bits per heavy atom. The summed E-state index contributed by atoms with van der Waals surface area (Å²) in [7, 11) is 0. The lowest BCUT2D eigenvalue weighted by molar-refractivity contribution is 0.107. The SMILES string of the molecule is CC1OCCC1NC(=O)N(CCO)C1CCCc2ccccc21. The zero-order chi connectivity index (χ0) is 16.2. The Bertz CT molecular complexity index is 549. The van der Waals surface area contributed by atoms with Gasteiger partial charge < -0.3 is 20.1 Å². The normalized spacial score (nSPS) is 26.6. The second-order valence-corrected chi connectivity index (χ2v) is 6.44. The highest BCUT2D eigenvalue weighted by Gasteiger charge is 2.32. The number of nitrogens with one attached hydrogen (secondary N) is 1. The molecule has 0 saturated carbocycles. The van der Waals surface area contributed by atoms with E-state index < -0.39 is 0 Å². The molecule has 0 bridgehead atoms. The van der Waals surface area contributed by atoms with Crippen LogP contribution in [0.5, 0.6) is 0 Å². The van der Waals surface area contributed by atoms with E-state index in [0.717, 1.165) is 25.7 Å². The minimum atomic E-state index is -0.0943. The molecule has 1 saturated heterocycles. The Morgan fingerprint density at radius 2 is 2.22 bits per heavy atom. The third-order valence-electron chi connectivity index (χ3n) is 5.00. The molecule has 1 aliphatic heterocycles. The van der Waals surface area contributed by atoms with E-state index in [2.05, 4.69) is 23.5 Å². The number of carbonyl (C=O) groups excluding carboxylic acids is 1. The van der Waals surface area contributed by atoms with Crippen molar-refractivity contribution in [2.45, 2.75) is 50.8 Å². The maximum atomic E-state index is 12.8. The zero-order valence-electron chi connectivity index (χ0n) is 13.7. The van der Waals surface area contributed by atoms with Crippen LogP contribution in [0.4, 0.5) is 4.79 Å². The molecule has 5 nitrogen and oxygen atoms in total. The predicted octanol–water partition coefficient (Wildman–Crippen LogP) is 2.25. The van der Waals surface area contributed by atoms with Gasteiger partial charge in [0.05, 0.1) is 24.8 Å². The van der Waals surface area contributed by atoms with E-state index >= 15 is 0 Å². The first-order valence-corrected chi connectivity index (χ1v) is 8.58. The van der Waals surface area contributed by atoms with Crippen molar-refractivity contribution in [2.24, 2.45) is 0 Å². The zero-order valence-corrected chi connectivity index (χ0v) is 13.7. The second kappa shape index (κ2) is 7.32. The highest BCUT2D eigenvalue weighted by Crippen LogP contribution is 2.34. The van der Waals surface area contributed by atoms with Crippen molar-refractivity contribution < 1.29 is 14.6 Å². The highest BCUT2D eigenvalue weighted by molar-refractivity contribution is 5.75. The number of benzene rings is 1. The van der Waals surface area contributed by atoms with Crippen molar-refractivity contribution in [2.75, 3.05) is 19.8 Å². The molecule has 1 fully saturated rings. The molecule has 3 unspecified atom stereocenters. The lowest BCUT2D eigenvalue weighted by atomic mass is 9.87. The molecule has 3 rings (SSSR count). The molecule has 0 aromatic heterocycles. The Morgan fingerprint density at radius 3 is 2.96 bits per heavy atom. The van der Waals surface area contributed by atoms with Crippen LogP contribution in [0.3, 0.4) is 0 Å². The van der Waals surface area contributed by atoms with Gasteiger partial charge in [-0.15, -0.1) is 0 Å². The number of carbonyl (C=O) groups is 1. The summed E-state index contributed by atoms with van der Waals surface area (Å²) in [5.41, 5.74) is 2.54. The highest BCUT2D eigenvalue weighted by atomic mass is 16.5. The first-order chi connectivity index (χ1) is 11.2. The minimum Gasteiger partial charge on any atom is -0.395 e. The number of aryl methyl sites for hydroxylation is 1. The van der Waals surface area contributed by atoms with Crippen LogP contribution in [0.25, 0.3) is 0 Å². The molecule has 2 amide bonds. The van der Waals surface area contributed by atoms with Gasteiger partial charge in [-0.1, -0.05) is 24.3 Å². The van der Waals surface area contributed by atoms with Gasteiger partial charge in [0.15, 0.2) is 0 Å². The van der Waals surface area contributed by atoms with Crippen molar-refractivity contribution in [3.8, 4) is 0 Å². The van der Waals surface area contributed by atoms with Crippen LogP contribution in [-0.4, -0.2) is 47.9 Å². The number of amides is 2. The molecule has 23 heavy (non-hydrogen) atoms. The minimum absolute atomic E-state index is 0.0250. The number of hydrogen-bond donors (Lipinski definition) is 2. The van der Waals surface area contributed by atoms with E-state index in [1.54, 1.807) is 4.90 Å². The van der Waals surface area contributed by atoms with Crippen LogP contribution in [-0.2, 0) is 11.2 Å². The van der Waals surface area contributed by atoms with Crippen molar-refractivity contribution in [1.82, 2.24) is 10.2 Å². The molecule has 1 aliphatic carbocycles. The summed E-state index contributed by atoms with van der Waals surface area (Å²) in [6.07, 6.45) is 3.98. The van der Waals surface area contributed by atoms with Gasteiger partial charge in [-0.25, -0.2) is 4.79 Å². The summed E-state index contributed by atoms with van der Waals surface area (Å²) >= 11 is 0. The summed E-state index contributed by atoms with van der Waals surface area (Å²) < 4.78 is 5.53. The number of ether oxygens (including phenoxy) is 1. The molecule has 126 valence electrons. The molecular formula is C18H26N2O3. The Balaban J connectivity index is 1.77. The maximum absolute atomic E-state index is 12.8. The summed E-state index contributed by atoms with van der Waals surface area (Å²) in [5, 5.41) is 12.5. The molecule has 3 atom stereocenters.